The zero-order valence-electron chi connectivity index (χ0n) is 18.8. The fourth-order valence-corrected chi connectivity index (χ4v) is 3.93. The molecule has 0 atom stereocenters. The molecule has 2 aromatic heterocycles. The second-order valence-corrected chi connectivity index (χ2v) is 8.21. The summed E-state index contributed by atoms with van der Waals surface area (Å²) in [4.78, 5) is 12.8. The highest BCUT2D eigenvalue weighted by atomic mass is 35.5. The Morgan fingerprint density at radius 3 is 2.71 bits per heavy atom. The van der Waals surface area contributed by atoms with E-state index in [1.54, 1.807) is 29.1 Å². The van der Waals surface area contributed by atoms with Crippen LogP contribution in [0.2, 0.25) is 5.02 Å². The largest absolute Gasteiger partial charge is 0.496 e. The zero-order valence-corrected chi connectivity index (χ0v) is 19.5. The standard InChI is InChI=1S/C25H20ClFN6O2/c1-14-13-33(32-24(14)30-21-10-9-20-19(23(21)26)12-28-31-20)17-7-8-18(22(11-17)35-2)25(34)29-16-5-3-15(27)4-6-16/h3-13H,1-2H3,(H,28,31)(H,29,34)(H,30,32). The Bertz CT molecular complexity index is 1540. The molecule has 35 heavy (non-hydrogen) atoms. The van der Waals surface area contributed by atoms with Crippen molar-refractivity contribution in [2.75, 3.05) is 17.7 Å². The lowest BCUT2D eigenvalue weighted by Crippen LogP contribution is -2.13. The molecule has 176 valence electrons. The van der Waals surface area contributed by atoms with E-state index in [0.29, 0.717) is 39.2 Å². The Labute approximate surface area is 204 Å². The van der Waals surface area contributed by atoms with Crippen LogP contribution in [0.1, 0.15) is 15.9 Å². The van der Waals surface area contributed by atoms with Gasteiger partial charge in [0, 0.05) is 28.9 Å². The second kappa shape index (κ2) is 9.11. The number of fused-ring (bicyclic) bond motifs is 1. The third kappa shape index (κ3) is 4.41. The van der Waals surface area contributed by atoms with Gasteiger partial charge in [-0.25, -0.2) is 9.07 Å². The molecule has 0 aliphatic carbocycles. The van der Waals surface area contributed by atoms with Gasteiger partial charge in [-0.3, -0.25) is 9.89 Å². The van der Waals surface area contributed by atoms with Gasteiger partial charge < -0.3 is 15.4 Å². The van der Waals surface area contributed by atoms with Crippen LogP contribution in [0.3, 0.4) is 0 Å². The highest BCUT2D eigenvalue weighted by Gasteiger charge is 2.16. The molecule has 2 heterocycles. The molecule has 1 amide bonds. The molecule has 3 N–H and O–H groups in total. The summed E-state index contributed by atoms with van der Waals surface area (Å²) < 4.78 is 20.3. The van der Waals surface area contributed by atoms with Crippen molar-refractivity contribution in [3.05, 3.63) is 89.0 Å². The lowest BCUT2D eigenvalue weighted by atomic mass is 10.1. The number of carbonyl (C=O) groups is 1. The van der Waals surface area contributed by atoms with E-state index in [4.69, 9.17) is 16.3 Å². The van der Waals surface area contributed by atoms with Crippen molar-refractivity contribution in [1.29, 1.82) is 0 Å². The number of halogens is 2. The fourth-order valence-electron chi connectivity index (χ4n) is 3.66. The second-order valence-electron chi connectivity index (χ2n) is 7.83. The third-order valence-corrected chi connectivity index (χ3v) is 5.91. The van der Waals surface area contributed by atoms with E-state index in [1.165, 1.54) is 31.4 Å². The van der Waals surface area contributed by atoms with E-state index in [0.717, 1.165) is 16.5 Å². The van der Waals surface area contributed by atoms with Gasteiger partial charge in [-0.15, -0.1) is 5.10 Å². The lowest BCUT2D eigenvalue weighted by Gasteiger charge is -2.11. The molecular weight excluding hydrogens is 471 g/mol. The van der Waals surface area contributed by atoms with Gasteiger partial charge in [0.05, 0.1) is 40.8 Å². The number of carbonyl (C=O) groups excluding carboxylic acids is 1. The topological polar surface area (TPSA) is 96.9 Å². The summed E-state index contributed by atoms with van der Waals surface area (Å²) in [7, 11) is 1.49. The van der Waals surface area contributed by atoms with Crippen molar-refractivity contribution in [1.82, 2.24) is 20.0 Å². The third-order valence-electron chi connectivity index (χ3n) is 5.51. The Kier molecular flexibility index (Phi) is 5.84. The van der Waals surface area contributed by atoms with E-state index >= 15 is 0 Å². The van der Waals surface area contributed by atoms with Crippen molar-refractivity contribution in [2.24, 2.45) is 0 Å². The molecule has 0 unspecified atom stereocenters. The van der Waals surface area contributed by atoms with Gasteiger partial charge in [-0.1, -0.05) is 11.6 Å². The van der Waals surface area contributed by atoms with Gasteiger partial charge in [0.15, 0.2) is 5.82 Å². The normalized spacial score (nSPS) is 11.0. The van der Waals surface area contributed by atoms with E-state index in [9.17, 15) is 9.18 Å². The molecular formula is C25H20ClFN6O2. The van der Waals surface area contributed by atoms with Crippen LogP contribution in [-0.2, 0) is 0 Å². The quantitative estimate of drug-likeness (QED) is 0.277. The minimum atomic E-state index is -0.377. The van der Waals surface area contributed by atoms with Crippen LogP contribution in [0.15, 0.2) is 67.0 Å². The summed E-state index contributed by atoms with van der Waals surface area (Å²) in [6.45, 7) is 1.93. The molecule has 0 saturated carbocycles. The number of aryl methyl sites for hydroxylation is 1. The molecule has 0 spiro atoms. The Hall–Kier alpha value is -4.37. The molecule has 8 nitrogen and oxygen atoms in total. The number of hydrogen-bond acceptors (Lipinski definition) is 5. The minimum Gasteiger partial charge on any atom is -0.496 e. The number of benzene rings is 3. The number of aromatic nitrogens is 4. The number of amides is 1. The maximum Gasteiger partial charge on any atom is 0.259 e. The molecule has 5 rings (SSSR count). The predicted octanol–water partition coefficient (Wildman–Crippen LogP) is 5.85. The summed E-state index contributed by atoms with van der Waals surface area (Å²) in [5.41, 5.74) is 3.96. The first kappa shape index (κ1) is 22.4. The van der Waals surface area contributed by atoms with Crippen LogP contribution in [0.4, 0.5) is 21.6 Å². The first-order valence-electron chi connectivity index (χ1n) is 10.6. The van der Waals surface area contributed by atoms with Crippen LogP contribution in [0.5, 0.6) is 5.75 Å². The van der Waals surface area contributed by atoms with Gasteiger partial charge in [0.1, 0.15) is 11.6 Å². The molecule has 10 heteroatoms. The highest BCUT2D eigenvalue weighted by Crippen LogP contribution is 2.33. The molecule has 0 fully saturated rings. The number of ether oxygens (including phenoxy) is 1. The number of methoxy groups -OCH3 is 1. The maximum atomic E-state index is 13.1. The van der Waals surface area contributed by atoms with Crippen molar-refractivity contribution >= 4 is 45.6 Å². The van der Waals surface area contributed by atoms with Crippen LogP contribution < -0.4 is 15.4 Å². The summed E-state index contributed by atoms with van der Waals surface area (Å²) in [6.07, 6.45) is 3.54. The maximum absolute atomic E-state index is 13.1. The number of H-pyrrole nitrogens is 1. The van der Waals surface area contributed by atoms with E-state index in [2.05, 4.69) is 25.9 Å². The van der Waals surface area contributed by atoms with Gasteiger partial charge in [-0.05, 0) is 55.5 Å². The van der Waals surface area contributed by atoms with Crippen LogP contribution in [0.25, 0.3) is 16.6 Å². The molecule has 0 bridgehead atoms. The molecule has 5 aromatic rings. The van der Waals surface area contributed by atoms with Crippen LogP contribution in [-0.4, -0.2) is 33.0 Å². The molecule has 0 aliphatic rings. The number of hydrogen-bond donors (Lipinski definition) is 3. The Balaban J connectivity index is 1.40. The Morgan fingerprint density at radius 2 is 1.94 bits per heavy atom. The Morgan fingerprint density at radius 1 is 1.14 bits per heavy atom. The van der Waals surface area contributed by atoms with Crippen molar-refractivity contribution in [2.45, 2.75) is 6.92 Å². The predicted molar refractivity (Wildman–Crippen MR) is 134 cm³/mol. The highest BCUT2D eigenvalue weighted by molar-refractivity contribution is 6.38. The van der Waals surface area contributed by atoms with Gasteiger partial charge in [0.2, 0.25) is 0 Å². The SMILES string of the molecule is COc1cc(-n2cc(C)c(Nc3ccc4[nH]ncc4c3Cl)n2)ccc1C(=O)Nc1ccc(F)cc1. The van der Waals surface area contributed by atoms with Crippen molar-refractivity contribution < 1.29 is 13.9 Å². The number of anilines is 3. The summed E-state index contributed by atoms with van der Waals surface area (Å²) in [5, 5.41) is 18.9. The fraction of sp³-hybridized carbons (Fsp3) is 0.0800. The van der Waals surface area contributed by atoms with Crippen LogP contribution >= 0.6 is 11.6 Å². The first-order chi connectivity index (χ1) is 16.9. The lowest BCUT2D eigenvalue weighted by molar-refractivity contribution is 0.102. The van der Waals surface area contributed by atoms with Crippen LogP contribution in [0, 0.1) is 12.7 Å². The summed E-state index contributed by atoms with van der Waals surface area (Å²) >= 11 is 6.53. The summed E-state index contributed by atoms with van der Waals surface area (Å²) in [5.74, 6) is 0.256. The van der Waals surface area contributed by atoms with Crippen molar-refractivity contribution in [3.63, 3.8) is 0 Å². The molecule has 3 aromatic carbocycles. The number of aromatic amines is 1. The van der Waals surface area contributed by atoms with Gasteiger partial charge in [0.25, 0.3) is 5.91 Å². The first-order valence-corrected chi connectivity index (χ1v) is 11.0. The molecule has 0 radical (unpaired) electrons. The average molecular weight is 491 g/mol. The van der Waals surface area contributed by atoms with E-state index < -0.39 is 0 Å². The molecule has 0 saturated heterocycles. The summed E-state index contributed by atoms with van der Waals surface area (Å²) in [6, 6.07) is 14.4. The number of nitrogens with one attached hydrogen (secondary N) is 3. The smallest absolute Gasteiger partial charge is 0.259 e. The molecule has 0 aliphatic heterocycles. The monoisotopic (exact) mass is 490 g/mol. The van der Waals surface area contributed by atoms with Gasteiger partial charge in [-0.2, -0.15) is 5.10 Å². The van der Waals surface area contributed by atoms with E-state index in [-0.39, 0.29) is 11.7 Å². The van der Waals surface area contributed by atoms with Crippen molar-refractivity contribution in [3.8, 4) is 11.4 Å². The minimum absolute atomic E-state index is 0.336. The number of rotatable bonds is 6. The zero-order chi connectivity index (χ0) is 24.5. The van der Waals surface area contributed by atoms with Gasteiger partial charge >= 0.3 is 0 Å². The van der Waals surface area contributed by atoms with E-state index in [1.807, 2.05) is 25.3 Å². The number of nitrogens with zero attached hydrogens (tertiary/aromatic N) is 3. The average Bonchev–Trinajstić information content (AvgIpc) is 3.49.